The minimum absolute atomic E-state index is 0.118. The maximum Gasteiger partial charge on any atom is 0.250 e. The Hall–Kier alpha value is -2.28. The van der Waals surface area contributed by atoms with Gasteiger partial charge in [0.05, 0.1) is 19.0 Å². The largest absolute Gasteiger partial charge is 0.375 e. The van der Waals surface area contributed by atoms with Crippen molar-refractivity contribution < 1.29 is 4.74 Å². The lowest BCUT2D eigenvalue weighted by Crippen LogP contribution is -2.43. The second-order valence-corrected chi connectivity index (χ2v) is 4.95. The number of ether oxygens (including phenoxy) is 1. The molecule has 2 aromatic rings. The second kappa shape index (κ2) is 6.45. The monoisotopic (exact) mass is 287 g/mol. The second-order valence-electron chi connectivity index (χ2n) is 4.95. The van der Waals surface area contributed by atoms with E-state index in [9.17, 15) is 4.79 Å². The van der Waals surface area contributed by atoms with Crippen LogP contribution in [-0.4, -0.2) is 45.7 Å². The molecule has 110 valence electrons. The smallest absolute Gasteiger partial charge is 0.250 e. The number of hydrogen-bond donors (Lipinski definition) is 1. The van der Waals surface area contributed by atoms with Gasteiger partial charge in [0, 0.05) is 31.0 Å². The molecule has 1 aliphatic heterocycles. The lowest BCUT2D eigenvalue weighted by Gasteiger charge is -2.33. The SMILES string of the molecule is O=c1cc(CC[C@@H]2CN(c3ccncn3)CCO2)nc[nH]1. The highest BCUT2D eigenvalue weighted by Gasteiger charge is 2.21. The number of H-pyrrole nitrogens is 1. The number of nitrogens with one attached hydrogen (secondary N) is 1. The Morgan fingerprint density at radius 1 is 1.43 bits per heavy atom. The molecule has 1 atom stereocenters. The molecule has 7 nitrogen and oxygen atoms in total. The first kappa shape index (κ1) is 13.7. The van der Waals surface area contributed by atoms with Crippen LogP contribution in [0.2, 0.25) is 0 Å². The zero-order valence-electron chi connectivity index (χ0n) is 11.6. The quantitative estimate of drug-likeness (QED) is 0.876. The van der Waals surface area contributed by atoms with Crippen molar-refractivity contribution in [1.82, 2.24) is 19.9 Å². The van der Waals surface area contributed by atoms with Gasteiger partial charge in [0.2, 0.25) is 0 Å². The number of aryl methyl sites for hydroxylation is 1. The summed E-state index contributed by atoms with van der Waals surface area (Å²) in [4.78, 5) is 28.3. The van der Waals surface area contributed by atoms with Crippen LogP contribution in [0.4, 0.5) is 5.82 Å². The van der Waals surface area contributed by atoms with Gasteiger partial charge in [0.25, 0.3) is 5.56 Å². The minimum atomic E-state index is -0.118. The summed E-state index contributed by atoms with van der Waals surface area (Å²) >= 11 is 0. The normalized spacial score (nSPS) is 18.7. The number of nitrogens with zero attached hydrogens (tertiary/aromatic N) is 4. The van der Waals surface area contributed by atoms with Gasteiger partial charge in [-0.2, -0.15) is 0 Å². The van der Waals surface area contributed by atoms with Gasteiger partial charge in [-0.1, -0.05) is 0 Å². The van der Waals surface area contributed by atoms with Gasteiger partial charge in [-0.3, -0.25) is 4.79 Å². The molecular weight excluding hydrogens is 270 g/mol. The fourth-order valence-electron chi connectivity index (χ4n) is 2.43. The summed E-state index contributed by atoms with van der Waals surface area (Å²) in [6.07, 6.45) is 6.42. The number of hydrogen-bond acceptors (Lipinski definition) is 6. The third kappa shape index (κ3) is 3.63. The fourth-order valence-corrected chi connectivity index (χ4v) is 2.43. The van der Waals surface area contributed by atoms with Crippen molar-refractivity contribution in [1.29, 1.82) is 0 Å². The first-order valence-electron chi connectivity index (χ1n) is 6.97. The van der Waals surface area contributed by atoms with Crippen LogP contribution in [0.25, 0.3) is 0 Å². The maximum atomic E-state index is 11.2. The molecule has 3 rings (SSSR count). The molecule has 0 radical (unpaired) electrons. The summed E-state index contributed by atoms with van der Waals surface area (Å²) in [5.74, 6) is 0.924. The highest BCUT2D eigenvalue weighted by molar-refractivity contribution is 5.37. The lowest BCUT2D eigenvalue weighted by atomic mass is 10.1. The van der Waals surface area contributed by atoms with Gasteiger partial charge in [0.15, 0.2) is 0 Å². The van der Waals surface area contributed by atoms with Crippen molar-refractivity contribution >= 4 is 5.82 Å². The van der Waals surface area contributed by atoms with Crippen LogP contribution >= 0.6 is 0 Å². The minimum Gasteiger partial charge on any atom is -0.375 e. The molecule has 0 aromatic carbocycles. The van der Waals surface area contributed by atoms with Gasteiger partial charge in [-0.25, -0.2) is 15.0 Å². The van der Waals surface area contributed by atoms with Gasteiger partial charge in [-0.15, -0.1) is 0 Å². The van der Waals surface area contributed by atoms with Crippen LogP contribution in [0.5, 0.6) is 0 Å². The molecule has 1 fully saturated rings. The Morgan fingerprint density at radius 3 is 3.19 bits per heavy atom. The Morgan fingerprint density at radius 2 is 2.38 bits per heavy atom. The van der Waals surface area contributed by atoms with Crippen LogP contribution in [-0.2, 0) is 11.2 Å². The molecule has 0 unspecified atom stereocenters. The molecule has 0 bridgehead atoms. The standard InChI is InChI=1S/C14H17N5O2/c20-14-7-11(16-10-18-14)1-2-12-8-19(5-6-21-12)13-3-4-15-9-17-13/h3-4,7,9-10,12H,1-2,5-6,8H2,(H,16,18,20)/t12-/m1/s1. The lowest BCUT2D eigenvalue weighted by molar-refractivity contribution is 0.0350. The molecule has 7 heteroatoms. The first-order valence-corrected chi connectivity index (χ1v) is 6.97. The summed E-state index contributed by atoms with van der Waals surface area (Å²) in [6.45, 7) is 2.30. The Labute approximate surface area is 122 Å². The molecule has 1 aliphatic rings. The van der Waals surface area contributed by atoms with Crippen molar-refractivity contribution in [2.45, 2.75) is 18.9 Å². The molecule has 0 aliphatic carbocycles. The van der Waals surface area contributed by atoms with Crippen molar-refractivity contribution in [2.24, 2.45) is 0 Å². The number of morpholine rings is 1. The molecule has 0 saturated carbocycles. The highest BCUT2D eigenvalue weighted by atomic mass is 16.5. The van der Waals surface area contributed by atoms with Crippen LogP contribution in [0, 0.1) is 0 Å². The zero-order chi connectivity index (χ0) is 14.5. The summed E-state index contributed by atoms with van der Waals surface area (Å²) in [5, 5.41) is 0. The predicted octanol–water partition coefficient (Wildman–Crippen LogP) is 0.398. The number of rotatable bonds is 4. The first-order chi connectivity index (χ1) is 10.3. The molecule has 0 spiro atoms. The van der Waals surface area contributed by atoms with Crippen molar-refractivity contribution in [2.75, 3.05) is 24.6 Å². The summed E-state index contributed by atoms with van der Waals surface area (Å²) in [6, 6.07) is 3.44. The predicted molar refractivity (Wildman–Crippen MR) is 77.2 cm³/mol. The maximum absolute atomic E-state index is 11.2. The third-order valence-electron chi connectivity index (χ3n) is 3.49. The van der Waals surface area contributed by atoms with Gasteiger partial charge < -0.3 is 14.6 Å². The highest BCUT2D eigenvalue weighted by Crippen LogP contribution is 2.16. The van der Waals surface area contributed by atoms with E-state index in [4.69, 9.17) is 4.74 Å². The van der Waals surface area contributed by atoms with Crippen LogP contribution in [0.1, 0.15) is 12.1 Å². The summed E-state index contributed by atoms with van der Waals surface area (Å²) in [5.41, 5.74) is 0.675. The summed E-state index contributed by atoms with van der Waals surface area (Å²) < 4.78 is 5.78. The Balaban J connectivity index is 1.58. The number of aromatic amines is 1. The molecule has 21 heavy (non-hydrogen) atoms. The average Bonchev–Trinajstić information content (AvgIpc) is 2.54. The molecule has 0 amide bonds. The topological polar surface area (TPSA) is 84.0 Å². The zero-order valence-corrected chi connectivity index (χ0v) is 11.6. The third-order valence-corrected chi connectivity index (χ3v) is 3.49. The Bertz CT molecular complexity index is 631. The van der Waals surface area contributed by atoms with Gasteiger partial charge >= 0.3 is 0 Å². The van der Waals surface area contributed by atoms with Crippen molar-refractivity contribution in [3.63, 3.8) is 0 Å². The van der Waals surface area contributed by atoms with E-state index in [-0.39, 0.29) is 11.7 Å². The van der Waals surface area contributed by atoms with E-state index >= 15 is 0 Å². The molecular formula is C14H17N5O2. The Kier molecular flexibility index (Phi) is 4.20. The fraction of sp³-hybridized carbons (Fsp3) is 0.429. The molecule has 2 aromatic heterocycles. The van der Waals surface area contributed by atoms with E-state index in [1.54, 1.807) is 12.5 Å². The van der Waals surface area contributed by atoms with Crippen LogP contribution < -0.4 is 10.5 Å². The van der Waals surface area contributed by atoms with E-state index in [0.29, 0.717) is 6.61 Å². The van der Waals surface area contributed by atoms with E-state index in [1.807, 2.05) is 6.07 Å². The van der Waals surface area contributed by atoms with Gasteiger partial charge in [0.1, 0.15) is 12.1 Å². The van der Waals surface area contributed by atoms with Crippen LogP contribution in [0.15, 0.2) is 35.8 Å². The van der Waals surface area contributed by atoms with E-state index < -0.39 is 0 Å². The average molecular weight is 287 g/mol. The van der Waals surface area contributed by atoms with Crippen LogP contribution in [0.3, 0.4) is 0 Å². The van der Waals surface area contributed by atoms with E-state index in [0.717, 1.165) is 37.4 Å². The molecule has 3 heterocycles. The van der Waals surface area contributed by atoms with Crippen molar-refractivity contribution in [3.8, 4) is 0 Å². The number of anilines is 1. The number of aromatic nitrogens is 4. The summed E-state index contributed by atoms with van der Waals surface area (Å²) in [7, 11) is 0. The van der Waals surface area contributed by atoms with E-state index in [1.165, 1.54) is 12.4 Å². The van der Waals surface area contributed by atoms with Gasteiger partial charge in [-0.05, 0) is 18.9 Å². The molecule has 1 saturated heterocycles. The van der Waals surface area contributed by atoms with Crippen molar-refractivity contribution in [3.05, 3.63) is 47.0 Å². The molecule has 1 N–H and O–H groups in total. The van der Waals surface area contributed by atoms with E-state index in [2.05, 4.69) is 24.8 Å².